The van der Waals surface area contributed by atoms with E-state index in [1.165, 1.54) is 12.3 Å². The van der Waals surface area contributed by atoms with Crippen LogP contribution in [0.25, 0.3) is 0 Å². The molecule has 0 saturated heterocycles. The Morgan fingerprint density at radius 2 is 1.72 bits per heavy atom. The van der Waals surface area contributed by atoms with Gasteiger partial charge >= 0.3 is 0 Å². The van der Waals surface area contributed by atoms with Crippen LogP contribution >= 0.6 is 0 Å². The molecule has 29 heavy (non-hydrogen) atoms. The lowest BCUT2D eigenvalue weighted by Crippen LogP contribution is -2.30. The predicted octanol–water partition coefficient (Wildman–Crippen LogP) is 4.40. The summed E-state index contributed by atoms with van der Waals surface area (Å²) >= 11 is 0. The number of amides is 2. The van der Waals surface area contributed by atoms with Gasteiger partial charge in [-0.2, -0.15) is 0 Å². The number of pyridine rings is 1. The van der Waals surface area contributed by atoms with Gasteiger partial charge in [0.25, 0.3) is 11.8 Å². The molecule has 0 bridgehead atoms. The molecule has 2 amide bonds. The third-order valence-electron chi connectivity index (χ3n) is 4.29. The summed E-state index contributed by atoms with van der Waals surface area (Å²) in [7, 11) is 0. The van der Waals surface area contributed by atoms with Crippen molar-refractivity contribution in [1.29, 1.82) is 0 Å². The highest BCUT2D eigenvalue weighted by Gasteiger charge is 2.18. The standard InChI is InChI=1S/C23H23N3O3/c1-3-26(19-8-6-5-7-9-19)23(28)17-14-15-24-21(16-17)22(27)25-18-10-12-20(13-11-18)29-4-2/h5-16H,3-4H2,1-2H3,(H,25,27). The fourth-order valence-electron chi connectivity index (χ4n) is 2.89. The van der Waals surface area contributed by atoms with Crippen LogP contribution in [0.2, 0.25) is 0 Å². The SMILES string of the molecule is CCOc1ccc(NC(=O)c2cc(C(=O)N(CC)c3ccccc3)ccn2)cc1. The molecular weight excluding hydrogens is 366 g/mol. The summed E-state index contributed by atoms with van der Waals surface area (Å²) in [6.07, 6.45) is 1.47. The molecule has 1 aromatic heterocycles. The zero-order chi connectivity index (χ0) is 20.6. The van der Waals surface area contributed by atoms with Gasteiger partial charge in [0.2, 0.25) is 0 Å². The van der Waals surface area contributed by atoms with Crippen molar-refractivity contribution >= 4 is 23.2 Å². The van der Waals surface area contributed by atoms with Gasteiger partial charge in [-0.05, 0) is 62.4 Å². The summed E-state index contributed by atoms with van der Waals surface area (Å²) in [6.45, 7) is 4.91. The van der Waals surface area contributed by atoms with E-state index in [0.29, 0.717) is 24.4 Å². The zero-order valence-electron chi connectivity index (χ0n) is 16.5. The Bertz CT molecular complexity index is 972. The van der Waals surface area contributed by atoms with Gasteiger partial charge in [0.15, 0.2) is 0 Å². The Labute approximate surface area is 170 Å². The summed E-state index contributed by atoms with van der Waals surface area (Å²) in [4.78, 5) is 31.3. The number of hydrogen-bond donors (Lipinski definition) is 1. The van der Waals surface area contributed by atoms with Crippen LogP contribution in [0.15, 0.2) is 72.9 Å². The molecule has 0 aliphatic carbocycles. The van der Waals surface area contributed by atoms with Crippen LogP contribution in [0.1, 0.15) is 34.7 Å². The zero-order valence-corrected chi connectivity index (χ0v) is 16.5. The highest BCUT2D eigenvalue weighted by molar-refractivity contribution is 6.08. The molecule has 0 saturated carbocycles. The first kappa shape index (κ1) is 20.1. The molecule has 6 nitrogen and oxygen atoms in total. The van der Waals surface area contributed by atoms with Crippen LogP contribution in [0.4, 0.5) is 11.4 Å². The normalized spacial score (nSPS) is 10.3. The Hall–Kier alpha value is -3.67. The number of nitrogens with zero attached hydrogens (tertiary/aromatic N) is 2. The molecule has 0 aliphatic rings. The largest absolute Gasteiger partial charge is 0.494 e. The van der Waals surface area contributed by atoms with Crippen molar-refractivity contribution in [1.82, 2.24) is 4.98 Å². The number of benzene rings is 2. The van der Waals surface area contributed by atoms with E-state index >= 15 is 0 Å². The van der Waals surface area contributed by atoms with Crippen LogP contribution in [0.5, 0.6) is 5.75 Å². The van der Waals surface area contributed by atoms with E-state index in [4.69, 9.17) is 4.74 Å². The second-order valence-electron chi connectivity index (χ2n) is 6.23. The summed E-state index contributed by atoms with van der Waals surface area (Å²) in [5, 5.41) is 2.79. The molecule has 0 unspecified atom stereocenters. The van der Waals surface area contributed by atoms with Crippen molar-refractivity contribution in [3.63, 3.8) is 0 Å². The molecule has 0 aliphatic heterocycles. The summed E-state index contributed by atoms with van der Waals surface area (Å²) in [6, 6.07) is 19.6. The second-order valence-corrected chi connectivity index (χ2v) is 6.23. The average molecular weight is 389 g/mol. The van der Waals surface area contributed by atoms with Gasteiger partial charge in [0.1, 0.15) is 11.4 Å². The highest BCUT2D eigenvalue weighted by Crippen LogP contribution is 2.18. The Morgan fingerprint density at radius 1 is 1.00 bits per heavy atom. The smallest absolute Gasteiger partial charge is 0.274 e. The number of anilines is 2. The fourth-order valence-corrected chi connectivity index (χ4v) is 2.89. The van der Waals surface area contributed by atoms with Crippen LogP contribution < -0.4 is 15.0 Å². The summed E-state index contributed by atoms with van der Waals surface area (Å²) < 4.78 is 5.39. The number of carbonyl (C=O) groups is 2. The molecule has 3 rings (SSSR count). The first-order valence-corrected chi connectivity index (χ1v) is 9.49. The van der Waals surface area contributed by atoms with Crippen molar-refractivity contribution in [2.45, 2.75) is 13.8 Å². The number of para-hydroxylation sites is 1. The molecule has 1 heterocycles. The van der Waals surface area contributed by atoms with Gasteiger partial charge in [-0.1, -0.05) is 18.2 Å². The molecule has 6 heteroatoms. The number of aromatic nitrogens is 1. The second kappa shape index (κ2) is 9.50. The average Bonchev–Trinajstić information content (AvgIpc) is 2.76. The molecule has 3 aromatic rings. The Morgan fingerprint density at radius 3 is 2.38 bits per heavy atom. The van der Waals surface area contributed by atoms with Gasteiger partial charge in [-0.3, -0.25) is 14.6 Å². The number of rotatable bonds is 7. The van der Waals surface area contributed by atoms with Crippen LogP contribution in [0.3, 0.4) is 0 Å². The van der Waals surface area contributed by atoms with Crippen LogP contribution in [0, 0.1) is 0 Å². The third-order valence-corrected chi connectivity index (χ3v) is 4.29. The van der Waals surface area contributed by atoms with E-state index in [-0.39, 0.29) is 17.5 Å². The van der Waals surface area contributed by atoms with E-state index in [9.17, 15) is 9.59 Å². The summed E-state index contributed by atoms with van der Waals surface area (Å²) in [5.74, 6) is 0.166. The van der Waals surface area contributed by atoms with Crippen molar-refractivity contribution in [2.24, 2.45) is 0 Å². The Balaban J connectivity index is 1.76. The maximum atomic E-state index is 13.0. The lowest BCUT2D eigenvalue weighted by Gasteiger charge is -2.21. The molecule has 0 fully saturated rings. The van der Waals surface area contributed by atoms with Gasteiger partial charge in [0.05, 0.1) is 6.61 Å². The first-order valence-electron chi connectivity index (χ1n) is 9.49. The van der Waals surface area contributed by atoms with Gasteiger partial charge < -0.3 is 15.0 Å². The van der Waals surface area contributed by atoms with Crippen molar-refractivity contribution in [3.8, 4) is 5.75 Å². The van der Waals surface area contributed by atoms with E-state index < -0.39 is 0 Å². The van der Waals surface area contributed by atoms with Gasteiger partial charge in [0, 0.05) is 29.7 Å². The fraction of sp³-hybridized carbons (Fsp3) is 0.174. The summed E-state index contributed by atoms with van der Waals surface area (Å²) in [5.41, 5.74) is 2.00. The minimum Gasteiger partial charge on any atom is -0.494 e. The van der Waals surface area contributed by atoms with Gasteiger partial charge in [-0.25, -0.2) is 0 Å². The maximum absolute atomic E-state index is 13.0. The van der Waals surface area contributed by atoms with Crippen molar-refractivity contribution in [2.75, 3.05) is 23.4 Å². The molecule has 1 N–H and O–H groups in total. The molecule has 0 spiro atoms. The number of hydrogen-bond acceptors (Lipinski definition) is 4. The van der Waals surface area contributed by atoms with Crippen LogP contribution in [-0.2, 0) is 0 Å². The predicted molar refractivity (Wildman–Crippen MR) is 114 cm³/mol. The van der Waals surface area contributed by atoms with Crippen molar-refractivity contribution in [3.05, 3.63) is 84.2 Å². The number of nitrogens with one attached hydrogen (secondary N) is 1. The van der Waals surface area contributed by atoms with E-state index in [1.54, 1.807) is 35.2 Å². The van der Waals surface area contributed by atoms with E-state index in [0.717, 1.165) is 11.4 Å². The number of ether oxygens (including phenoxy) is 1. The van der Waals surface area contributed by atoms with Crippen LogP contribution in [-0.4, -0.2) is 29.9 Å². The molecule has 2 aromatic carbocycles. The maximum Gasteiger partial charge on any atom is 0.274 e. The lowest BCUT2D eigenvalue weighted by atomic mass is 10.1. The van der Waals surface area contributed by atoms with E-state index in [1.807, 2.05) is 44.2 Å². The molecule has 0 radical (unpaired) electrons. The monoisotopic (exact) mass is 389 g/mol. The highest BCUT2D eigenvalue weighted by atomic mass is 16.5. The minimum absolute atomic E-state index is 0.175. The van der Waals surface area contributed by atoms with E-state index in [2.05, 4.69) is 10.3 Å². The van der Waals surface area contributed by atoms with Crippen molar-refractivity contribution < 1.29 is 14.3 Å². The van der Waals surface area contributed by atoms with Gasteiger partial charge in [-0.15, -0.1) is 0 Å². The first-order chi connectivity index (χ1) is 14.1. The number of carbonyl (C=O) groups excluding carboxylic acids is 2. The quantitative estimate of drug-likeness (QED) is 0.650. The molecule has 0 atom stereocenters. The Kier molecular flexibility index (Phi) is 6.58. The topological polar surface area (TPSA) is 71.5 Å². The molecule has 148 valence electrons. The lowest BCUT2D eigenvalue weighted by molar-refractivity contribution is 0.0988. The minimum atomic E-state index is -0.383. The molecular formula is C23H23N3O3. The third kappa shape index (κ3) is 4.99.